The summed E-state index contributed by atoms with van der Waals surface area (Å²) in [5, 5.41) is -0.712. The van der Waals surface area contributed by atoms with E-state index in [1.54, 1.807) is 44.7 Å². The van der Waals surface area contributed by atoms with Crippen LogP contribution in [0.15, 0.2) is 59.8 Å². The van der Waals surface area contributed by atoms with E-state index in [9.17, 15) is 8.42 Å². The van der Waals surface area contributed by atoms with Crippen molar-refractivity contribution in [3.05, 3.63) is 77.4 Å². The van der Waals surface area contributed by atoms with Crippen LogP contribution in [0.1, 0.15) is 79.1 Å². The molecular weight excluding hydrogens is 484 g/mol. The molecule has 2 heterocycles. The minimum Gasteiger partial charge on any atom is -0.496 e. The molecule has 6 nitrogen and oxygen atoms in total. The second kappa shape index (κ2) is 13.0. The molecule has 3 aromatic rings. The second-order valence-corrected chi connectivity index (χ2v) is 11.8. The van der Waals surface area contributed by atoms with Crippen molar-refractivity contribution in [2.24, 2.45) is 0 Å². The Balaban J connectivity index is 1.67. The number of aromatic nitrogens is 2. The van der Waals surface area contributed by atoms with E-state index >= 15 is 0 Å². The van der Waals surface area contributed by atoms with Gasteiger partial charge in [-0.1, -0.05) is 43.9 Å². The lowest BCUT2D eigenvalue weighted by Crippen LogP contribution is -2.18. The van der Waals surface area contributed by atoms with E-state index in [2.05, 4.69) is 9.97 Å². The summed E-state index contributed by atoms with van der Waals surface area (Å²) in [5.74, 6) is 1.63. The zero-order valence-electron chi connectivity index (χ0n) is 22.0. The first-order chi connectivity index (χ1) is 18.1. The van der Waals surface area contributed by atoms with Crippen LogP contribution in [0, 0.1) is 0 Å². The largest absolute Gasteiger partial charge is 0.496 e. The monoisotopic (exact) mass is 522 g/mol. The number of sulfone groups is 1. The van der Waals surface area contributed by atoms with E-state index in [4.69, 9.17) is 9.47 Å². The van der Waals surface area contributed by atoms with Crippen molar-refractivity contribution < 1.29 is 17.9 Å². The first-order valence-electron chi connectivity index (χ1n) is 13.4. The molecule has 198 valence electrons. The van der Waals surface area contributed by atoms with E-state index in [-0.39, 0.29) is 0 Å². The van der Waals surface area contributed by atoms with E-state index in [0.29, 0.717) is 17.0 Å². The van der Waals surface area contributed by atoms with Gasteiger partial charge in [-0.15, -0.1) is 0 Å². The highest BCUT2D eigenvalue weighted by Gasteiger charge is 2.32. The fourth-order valence-electron chi connectivity index (χ4n) is 5.37. The quantitative estimate of drug-likeness (QED) is 0.391. The lowest BCUT2D eigenvalue weighted by Gasteiger charge is -2.22. The molecule has 1 aliphatic rings. The Bertz CT molecular complexity index is 1260. The number of hydrogen-bond acceptors (Lipinski definition) is 6. The van der Waals surface area contributed by atoms with Gasteiger partial charge in [-0.3, -0.25) is 9.97 Å². The number of rotatable bonds is 4. The molecule has 2 aromatic heterocycles. The Morgan fingerprint density at radius 1 is 0.703 bits per heavy atom. The molecule has 1 aliphatic carbocycles. The van der Waals surface area contributed by atoms with Crippen LogP contribution in [-0.2, 0) is 29.1 Å². The maximum absolute atomic E-state index is 13.9. The Kier molecular flexibility index (Phi) is 9.56. The summed E-state index contributed by atoms with van der Waals surface area (Å²) in [6, 6.07) is 12.6. The highest BCUT2D eigenvalue weighted by molar-refractivity contribution is 7.91. The fraction of sp³-hybridized carbons (Fsp3) is 0.467. The van der Waals surface area contributed by atoms with Gasteiger partial charge >= 0.3 is 0 Å². The molecule has 4 rings (SSSR count). The van der Waals surface area contributed by atoms with E-state index in [1.165, 1.54) is 5.56 Å². The standard InChI is InChI=1S/C30H38N2O4S/c1-35-27-19-21-31-26-17-11-4-3-9-16-25-28(36-2)20-22-32-30(25)29(18-12-6-10-15-24(26)27)37(33,34)23-13-7-5-8-14-23/h5,7-8,13-14,19-22,29H,3-4,6,9-12,15-18H2,1-2H3. The number of pyridine rings is 2. The molecule has 0 bridgehead atoms. The van der Waals surface area contributed by atoms with Gasteiger partial charge < -0.3 is 9.47 Å². The van der Waals surface area contributed by atoms with Gasteiger partial charge in [0.05, 0.1) is 24.8 Å². The number of ether oxygens (including phenoxy) is 2. The van der Waals surface area contributed by atoms with Crippen LogP contribution in [0.2, 0.25) is 0 Å². The lowest BCUT2D eigenvalue weighted by atomic mass is 9.96. The number of hydrogen-bond donors (Lipinski definition) is 0. The number of nitrogens with zero attached hydrogens (tertiary/aromatic N) is 2. The Labute approximate surface area is 221 Å². The summed E-state index contributed by atoms with van der Waals surface area (Å²) in [6.07, 6.45) is 13.4. The molecule has 0 fully saturated rings. The third-order valence-corrected chi connectivity index (χ3v) is 9.46. The summed E-state index contributed by atoms with van der Waals surface area (Å²) in [5.41, 5.74) is 3.90. The van der Waals surface area contributed by atoms with Crippen molar-refractivity contribution >= 4 is 9.84 Å². The van der Waals surface area contributed by atoms with Gasteiger partial charge in [-0.2, -0.15) is 0 Å². The molecule has 0 spiro atoms. The van der Waals surface area contributed by atoms with Crippen LogP contribution in [0.25, 0.3) is 0 Å². The highest BCUT2D eigenvalue weighted by atomic mass is 32.2. The molecule has 0 saturated carbocycles. The van der Waals surface area contributed by atoms with Crippen molar-refractivity contribution in [3.63, 3.8) is 0 Å². The predicted molar refractivity (Wildman–Crippen MR) is 146 cm³/mol. The normalized spacial score (nSPS) is 17.8. The van der Waals surface area contributed by atoms with Gasteiger partial charge in [-0.05, 0) is 69.2 Å². The average Bonchev–Trinajstić information content (AvgIpc) is 2.92. The summed E-state index contributed by atoms with van der Waals surface area (Å²) in [4.78, 5) is 9.69. The van der Waals surface area contributed by atoms with Crippen LogP contribution in [0.5, 0.6) is 11.5 Å². The van der Waals surface area contributed by atoms with Gasteiger partial charge in [0.1, 0.15) is 16.7 Å². The van der Waals surface area contributed by atoms with Crippen LogP contribution in [0.4, 0.5) is 0 Å². The van der Waals surface area contributed by atoms with Crippen molar-refractivity contribution in [2.75, 3.05) is 14.2 Å². The second-order valence-electron chi connectivity index (χ2n) is 9.68. The summed E-state index contributed by atoms with van der Waals surface area (Å²) >= 11 is 0. The molecule has 1 aromatic carbocycles. The third kappa shape index (κ3) is 6.50. The Morgan fingerprint density at radius 3 is 2.00 bits per heavy atom. The topological polar surface area (TPSA) is 78.4 Å². The van der Waals surface area contributed by atoms with E-state index < -0.39 is 15.1 Å². The molecule has 0 N–H and O–H groups in total. The minimum atomic E-state index is -3.63. The van der Waals surface area contributed by atoms with E-state index in [1.807, 2.05) is 24.4 Å². The molecule has 7 heteroatoms. The number of aryl methyl sites for hydroxylation is 1. The molecule has 0 radical (unpaired) electrons. The summed E-state index contributed by atoms with van der Waals surface area (Å²) in [7, 11) is -0.264. The fourth-order valence-corrected chi connectivity index (χ4v) is 7.21. The molecule has 1 unspecified atom stereocenters. The van der Waals surface area contributed by atoms with Crippen LogP contribution >= 0.6 is 0 Å². The Morgan fingerprint density at radius 2 is 1.30 bits per heavy atom. The molecule has 0 saturated heterocycles. The van der Waals surface area contributed by atoms with Crippen molar-refractivity contribution in [3.8, 4) is 11.5 Å². The molecule has 0 amide bonds. The Hall–Kier alpha value is -2.93. The van der Waals surface area contributed by atoms with Crippen molar-refractivity contribution in [2.45, 2.75) is 80.8 Å². The average molecular weight is 523 g/mol. The zero-order valence-corrected chi connectivity index (χ0v) is 22.8. The summed E-state index contributed by atoms with van der Waals surface area (Å²) < 4.78 is 39.2. The zero-order chi connectivity index (χ0) is 26.1. The SMILES string of the molecule is COc1ccnc2c1CCCCCC(S(=O)(=O)c1ccccc1)c1nccc(OC)c1CCCCCC2. The lowest BCUT2D eigenvalue weighted by molar-refractivity contribution is 0.405. The maximum Gasteiger partial charge on any atom is 0.186 e. The predicted octanol–water partition coefficient (Wildman–Crippen LogP) is 6.47. The van der Waals surface area contributed by atoms with Gasteiger partial charge in [0.2, 0.25) is 0 Å². The number of benzene rings is 1. The van der Waals surface area contributed by atoms with Gasteiger partial charge in [0.15, 0.2) is 9.84 Å². The van der Waals surface area contributed by atoms with Crippen LogP contribution in [-0.4, -0.2) is 32.6 Å². The first-order valence-corrected chi connectivity index (χ1v) is 14.9. The van der Waals surface area contributed by atoms with Crippen LogP contribution < -0.4 is 9.47 Å². The van der Waals surface area contributed by atoms with E-state index in [0.717, 1.165) is 87.0 Å². The van der Waals surface area contributed by atoms with Crippen molar-refractivity contribution in [1.29, 1.82) is 0 Å². The molecule has 37 heavy (non-hydrogen) atoms. The molecular formula is C30H38N2O4S. The number of fused-ring (bicyclic) bond motifs is 2. The molecule has 0 aliphatic heterocycles. The highest BCUT2D eigenvalue weighted by Crippen LogP contribution is 2.38. The van der Waals surface area contributed by atoms with Crippen LogP contribution in [0.3, 0.4) is 0 Å². The molecule has 1 atom stereocenters. The smallest absolute Gasteiger partial charge is 0.186 e. The third-order valence-electron chi connectivity index (χ3n) is 7.32. The minimum absolute atomic E-state index is 0.342. The first kappa shape index (κ1) is 27.1. The van der Waals surface area contributed by atoms with Gasteiger partial charge in [0, 0.05) is 29.2 Å². The van der Waals surface area contributed by atoms with Gasteiger partial charge in [0.25, 0.3) is 0 Å². The number of methoxy groups -OCH3 is 2. The maximum atomic E-state index is 13.9. The summed E-state index contributed by atoms with van der Waals surface area (Å²) in [6.45, 7) is 0. The van der Waals surface area contributed by atoms with Gasteiger partial charge in [-0.25, -0.2) is 8.42 Å². The van der Waals surface area contributed by atoms with Crippen molar-refractivity contribution in [1.82, 2.24) is 9.97 Å².